The van der Waals surface area contributed by atoms with Gasteiger partial charge in [-0.3, -0.25) is 4.79 Å². The number of carbonyl (C=O) groups excluding carboxylic acids is 1. The molecule has 5 heteroatoms. The van der Waals surface area contributed by atoms with Gasteiger partial charge in [-0.05, 0) is 29.8 Å². The van der Waals surface area contributed by atoms with Crippen LogP contribution in [0.1, 0.15) is 15.9 Å². The Morgan fingerprint density at radius 2 is 1.90 bits per heavy atom. The van der Waals surface area contributed by atoms with E-state index in [-0.39, 0.29) is 11.7 Å². The number of halogens is 1. The highest BCUT2D eigenvalue weighted by atomic mass is 19.1. The monoisotopic (exact) mass is 273 g/mol. The summed E-state index contributed by atoms with van der Waals surface area (Å²) in [5.74, 6) is 0.339. The van der Waals surface area contributed by atoms with E-state index in [9.17, 15) is 9.18 Å². The first-order valence-electron chi connectivity index (χ1n) is 6.22. The van der Waals surface area contributed by atoms with E-state index in [1.165, 1.54) is 23.2 Å². The van der Waals surface area contributed by atoms with Gasteiger partial charge in [-0.1, -0.05) is 12.1 Å². The number of hydrogen-bond acceptors (Lipinski definition) is 3. The maximum absolute atomic E-state index is 12.8. The molecule has 2 rings (SSSR count). The molecule has 1 aromatic carbocycles. The molecule has 0 saturated heterocycles. The summed E-state index contributed by atoms with van der Waals surface area (Å²) in [4.78, 5) is 17.4. The van der Waals surface area contributed by atoms with Gasteiger partial charge in [0.1, 0.15) is 11.6 Å². The molecule has 104 valence electrons. The van der Waals surface area contributed by atoms with E-state index in [0.29, 0.717) is 17.9 Å². The third-order valence-electron chi connectivity index (χ3n) is 2.80. The fraction of sp³-hybridized carbons (Fsp3) is 0.200. The van der Waals surface area contributed by atoms with E-state index < -0.39 is 0 Å². The van der Waals surface area contributed by atoms with E-state index in [4.69, 9.17) is 0 Å². The van der Waals surface area contributed by atoms with E-state index in [2.05, 4.69) is 10.3 Å². The highest BCUT2D eigenvalue weighted by molar-refractivity contribution is 5.93. The quantitative estimate of drug-likeness (QED) is 0.931. The lowest BCUT2D eigenvalue weighted by atomic mass is 10.2. The molecule has 0 spiro atoms. The number of nitrogens with one attached hydrogen (secondary N) is 1. The minimum absolute atomic E-state index is 0.0809. The molecule has 1 amide bonds. The molecular formula is C15H16FN3O. The van der Waals surface area contributed by atoms with Crippen molar-refractivity contribution in [1.82, 2.24) is 9.88 Å². The highest BCUT2D eigenvalue weighted by Gasteiger charge is 2.07. The van der Waals surface area contributed by atoms with Gasteiger partial charge in [-0.2, -0.15) is 0 Å². The van der Waals surface area contributed by atoms with Gasteiger partial charge in [0.05, 0.1) is 5.56 Å². The average Bonchev–Trinajstić information content (AvgIpc) is 2.46. The van der Waals surface area contributed by atoms with Gasteiger partial charge < -0.3 is 10.2 Å². The fourth-order valence-electron chi connectivity index (χ4n) is 1.68. The van der Waals surface area contributed by atoms with Crippen LogP contribution < -0.4 is 5.32 Å². The zero-order valence-electron chi connectivity index (χ0n) is 11.4. The van der Waals surface area contributed by atoms with Crippen molar-refractivity contribution in [2.75, 3.05) is 19.4 Å². The predicted octanol–water partition coefficient (Wildman–Crippen LogP) is 2.53. The van der Waals surface area contributed by atoms with Crippen molar-refractivity contribution in [3.8, 4) is 0 Å². The van der Waals surface area contributed by atoms with Crippen LogP contribution in [0, 0.1) is 5.82 Å². The molecule has 0 unspecified atom stereocenters. The Morgan fingerprint density at radius 1 is 1.20 bits per heavy atom. The molecule has 0 fully saturated rings. The van der Waals surface area contributed by atoms with Crippen LogP contribution in [-0.4, -0.2) is 29.9 Å². The topological polar surface area (TPSA) is 45.2 Å². The number of nitrogens with zero attached hydrogens (tertiary/aromatic N) is 2. The normalized spacial score (nSPS) is 10.2. The Kier molecular flexibility index (Phi) is 4.30. The molecule has 0 bridgehead atoms. The Morgan fingerprint density at radius 3 is 2.45 bits per heavy atom. The molecule has 0 aliphatic carbocycles. The first kappa shape index (κ1) is 14.0. The molecule has 0 saturated carbocycles. The summed E-state index contributed by atoms with van der Waals surface area (Å²) in [7, 11) is 3.39. The van der Waals surface area contributed by atoms with Gasteiger partial charge in [0.25, 0.3) is 5.91 Å². The first-order chi connectivity index (χ1) is 9.56. The van der Waals surface area contributed by atoms with Crippen molar-refractivity contribution in [3.63, 3.8) is 0 Å². The van der Waals surface area contributed by atoms with Crippen LogP contribution in [0.25, 0.3) is 0 Å². The predicted molar refractivity (Wildman–Crippen MR) is 76.0 cm³/mol. The van der Waals surface area contributed by atoms with Crippen LogP contribution in [0.5, 0.6) is 0 Å². The number of pyridine rings is 1. The molecule has 0 aliphatic rings. The van der Waals surface area contributed by atoms with Crippen molar-refractivity contribution in [2.24, 2.45) is 0 Å². The van der Waals surface area contributed by atoms with Crippen LogP contribution in [0.4, 0.5) is 10.2 Å². The second kappa shape index (κ2) is 6.14. The number of anilines is 1. The zero-order valence-corrected chi connectivity index (χ0v) is 11.4. The first-order valence-corrected chi connectivity index (χ1v) is 6.22. The molecule has 20 heavy (non-hydrogen) atoms. The minimum Gasteiger partial charge on any atom is -0.366 e. The number of rotatable bonds is 4. The number of benzene rings is 1. The summed E-state index contributed by atoms with van der Waals surface area (Å²) < 4.78 is 12.8. The van der Waals surface area contributed by atoms with Gasteiger partial charge >= 0.3 is 0 Å². The smallest absolute Gasteiger partial charge is 0.254 e. The van der Waals surface area contributed by atoms with Crippen LogP contribution in [0.2, 0.25) is 0 Å². The molecule has 1 N–H and O–H groups in total. The van der Waals surface area contributed by atoms with Crippen molar-refractivity contribution in [3.05, 3.63) is 59.5 Å². The molecule has 1 heterocycles. The van der Waals surface area contributed by atoms with Gasteiger partial charge in [-0.25, -0.2) is 9.37 Å². The van der Waals surface area contributed by atoms with E-state index in [0.717, 1.165) is 5.56 Å². The van der Waals surface area contributed by atoms with Gasteiger partial charge in [0.2, 0.25) is 0 Å². The summed E-state index contributed by atoms with van der Waals surface area (Å²) >= 11 is 0. The Labute approximate surface area is 117 Å². The number of amides is 1. The van der Waals surface area contributed by atoms with Crippen molar-refractivity contribution >= 4 is 11.7 Å². The molecule has 0 atom stereocenters. The number of carbonyl (C=O) groups is 1. The Bertz CT molecular complexity index is 579. The van der Waals surface area contributed by atoms with Gasteiger partial charge in [0, 0.05) is 26.8 Å². The van der Waals surface area contributed by atoms with Crippen LogP contribution in [0.15, 0.2) is 42.6 Å². The third kappa shape index (κ3) is 3.54. The molecule has 1 aromatic heterocycles. The van der Waals surface area contributed by atoms with Crippen LogP contribution >= 0.6 is 0 Å². The summed E-state index contributed by atoms with van der Waals surface area (Å²) in [6, 6.07) is 9.74. The van der Waals surface area contributed by atoms with Crippen molar-refractivity contribution in [1.29, 1.82) is 0 Å². The lowest BCUT2D eigenvalue weighted by molar-refractivity contribution is 0.0827. The zero-order chi connectivity index (χ0) is 14.5. The molecular weight excluding hydrogens is 257 g/mol. The van der Waals surface area contributed by atoms with E-state index in [1.54, 1.807) is 38.4 Å². The second-order valence-electron chi connectivity index (χ2n) is 4.61. The lowest BCUT2D eigenvalue weighted by Gasteiger charge is -2.10. The third-order valence-corrected chi connectivity index (χ3v) is 2.80. The largest absolute Gasteiger partial charge is 0.366 e. The van der Waals surface area contributed by atoms with Crippen molar-refractivity contribution < 1.29 is 9.18 Å². The minimum atomic E-state index is -0.251. The number of hydrogen-bond donors (Lipinski definition) is 1. The average molecular weight is 273 g/mol. The maximum Gasteiger partial charge on any atom is 0.254 e. The molecule has 4 nitrogen and oxygen atoms in total. The van der Waals surface area contributed by atoms with E-state index in [1.807, 2.05) is 0 Å². The molecule has 2 aromatic rings. The lowest BCUT2D eigenvalue weighted by Crippen LogP contribution is -2.21. The SMILES string of the molecule is CN(C)C(=O)c1ccc(NCc2ccc(F)cc2)nc1. The molecule has 0 radical (unpaired) electrons. The molecule has 0 aliphatic heterocycles. The second-order valence-corrected chi connectivity index (χ2v) is 4.61. The standard InChI is InChI=1S/C15H16FN3O/c1-19(2)15(20)12-5-8-14(18-10-12)17-9-11-3-6-13(16)7-4-11/h3-8,10H,9H2,1-2H3,(H,17,18). The highest BCUT2D eigenvalue weighted by Crippen LogP contribution is 2.09. The van der Waals surface area contributed by atoms with E-state index >= 15 is 0 Å². The number of aromatic nitrogens is 1. The maximum atomic E-state index is 12.8. The van der Waals surface area contributed by atoms with Crippen LogP contribution in [-0.2, 0) is 6.54 Å². The summed E-state index contributed by atoms with van der Waals surface area (Å²) in [5, 5.41) is 3.12. The summed E-state index contributed by atoms with van der Waals surface area (Å²) in [5.41, 5.74) is 1.50. The fourth-order valence-corrected chi connectivity index (χ4v) is 1.68. The Hall–Kier alpha value is -2.43. The van der Waals surface area contributed by atoms with Crippen LogP contribution in [0.3, 0.4) is 0 Å². The van der Waals surface area contributed by atoms with Gasteiger partial charge in [0.15, 0.2) is 0 Å². The summed E-state index contributed by atoms with van der Waals surface area (Å²) in [6.45, 7) is 0.550. The van der Waals surface area contributed by atoms with Gasteiger partial charge in [-0.15, -0.1) is 0 Å². The summed E-state index contributed by atoms with van der Waals surface area (Å²) in [6.07, 6.45) is 1.54. The Balaban J connectivity index is 1.97. The van der Waals surface area contributed by atoms with Crippen molar-refractivity contribution in [2.45, 2.75) is 6.54 Å².